The second-order valence-corrected chi connectivity index (χ2v) is 19.1. The van der Waals surface area contributed by atoms with Crippen LogP contribution in [0, 0.1) is 13.8 Å². The fraction of sp³-hybridized carbons (Fsp3) is 0.333. The summed E-state index contributed by atoms with van der Waals surface area (Å²) in [6.07, 6.45) is 17.6. The number of rotatable bonds is 8. The molecule has 8 aromatic rings. The SMILES string of the molecule is Cc1cnccc1-c1nccnc1OC1CCN(c2ccc3ccccc3n2)CC1.Cc1cnccc1B1OC(C)(C)C(C)(C)O1.Clc1nccnc1OC1CCN(c2ccc3ccccc3n2)CC1. The first-order valence-corrected chi connectivity index (χ1v) is 24.3. The van der Waals surface area contributed by atoms with E-state index in [9.17, 15) is 0 Å². The van der Waals surface area contributed by atoms with Crippen LogP contribution in [0.1, 0.15) is 64.5 Å². The summed E-state index contributed by atoms with van der Waals surface area (Å²) in [5.41, 5.74) is 6.49. The molecule has 70 heavy (non-hydrogen) atoms. The summed E-state index contributed by atoms with van der Waals surface area (Å²) >= 11 is 6.00. The Labute approximate surface area is 415 Å². The summed E-state index contributed by atoms with van der Waals surface area (Å²) in [6, 6.07) is 28.8. The van der Waals surface area contributed by atoms with Gasteiger partial charge in [0.05, 0.1) is 22.2 Å². The molecule has 3 aliphatic heterocycles. The van der Waals surface area contributed by atoms with Crippen LogP contribution in [0.3, 0.4) is 0 Å². The molecule has 9 heterocycles. The highest BCUT2D eigenvalue weighted by molar-refractivity contribution is 6.62. The smallest absolute Gasteiger partial charge is 0.473 e. The number of hydrogen-bond acceptors (Lipinski definition) is 14. The maximum atomic E-state index is 6.31. The number of pyridine rings is 4. The first-order chi connectivity index (χ1) is 33.9. The van der Waals surface area contributed by atoms with E-state index in [0.717, 1.165) is 108 Å². The third-order valence-corrected chi connectivity index (χ3v) is 13.6. The summed E-state index contributed by atoms with van der Waals surface area (Å²) in [6.45, 7) is 15.9. The van der Waals surface area contributed by atoms with Crippen molar-refractivity contribution < 1.29 is 18.8 Å². The van der Waals surface area contributed by atoms with Gasteiger partial charge in [0.25, 0.3) is 5.88 Å². The van der Waals surface area contributed by atoms with Crippen molar-refractivity contribution in [1.82, 2.24) is 39.9 Å². The van der Waals surface area contributed by atoms with Gasteiger partial charge in [-0.2, -0.15) is 0 Å². The van der Waals surface area contributed by atoms with Gasteiger partial charge in [0.2, 0.25) is 5.88 Å². The van der Waals surface area contributed by atoms with Crippen LogP contribution >= 0.6 is 11.6 Å². The lowest BCUT2D eigenvalue weighted by Gasteiger charge is -2.33. The number of benzene rings is 2. The topological polar surface area (TPSA) is 147 Å². The summed E-state index contributed by atoms with van der Waals surface area (Å²) in [7, 11) is -0.284. The molecule has 14 nitrogen and oxygen atoms in total. The van der Waals surface area contributed by atoms with Crippen LogP contribution in [-0.2, 0) is 9.31 Å². The third-order valence-electron chi connectivity index (χ3n) is 13.4. The van der Waals surface area contributed by atoms with Gasteiger partial charge in [-0.05, 0) is 107 Å². The van der Waals surface area contributed by atoms with E-state index in [1.807, 2.05) is 68.7 Å². The van der Waals surface area contributed by atoms with Gasteiger partial charge >= 0.3 is 7.12 Å². The van der Waals surface area contributed by atoms with E-state index in [1.54, 1.807) is 37.2 Å². The summed E-state index contributed by atoms with van der Waals surface area (Å²) in [5, 5.41) is 2.65. The lowest BCUT2D eigenvalue weighted by molar-refractivity contribution is 0.00578. The van der Waals surface area contributed by atoms with E-state index in [-0.39, 0.29) is 30.5 Å². The number of para-hydroxylation sites is 2. The highest BCUT2D eigenvalue weighted by Crippen LogP contribution is 2.37. The van der Waals surface area contributed by atoms with Crippen molar-refractivity contribution in [3.8, 4) is 23.0 Å². The minimum Gasteiger partial charge on any atom is -0.473 e. The second kappa shape index (κ2) is 21.5. The molecule has 0 saturated carbocycles. The van der Waals surface area contributed by atoms with E-state index in [4.69, 9.17) is 40.4 Å². The molecule has 2 aromatic carbocycles. The number of aryl methyl sites for hydroxylation is 2. The highest BCUT2D eigenvalue weighted by atomic mass is 35.5. The maximum absolute atomic E-state index is 6.31. The molecular weight excluding hydrogens is 899 g/mol. The fourth-order valence-corrected chi connectivity index (χ4v) is 8.78. The molecule has 3 aliphatic rings. The zero-order valence-electron chi connectivity index (χ0n) is 40.6. The Bertz CT molecular complexity index is 3020. The standard InChI is InChI=1S/C24H23N5O.C18H17ClN4O.C12H18BNO2/c1-17-16-25-11-8-20(17)23-24(27-13-12-26-23)30-19-9-14-29(15-10-19)22-7-6-18-4-2-3-5-21(18)28-22;19-17-18(21-10-9-20-17)24-14-7-11-23(12-8-14)16-6-5-13-3-1-2-4-15(13)22-16;1-9-8-14-7-6-10(9)13-15-11(2,3)12(4,5)16-13/h2-8,11-13,16,19H,9-10,14-15H2,1H3;1-6,9-10,14H,7-8,11-12H2;6-8H,1-5H3. The highest BCUT2D eigenvalue weighted by Gasteiger charge is 2.52. The molecule has 0 unspecified atom stereocenters. The molecule has 0 spiro atoms. The van der Waals surface area contributed by atoms with Crippen molar-refractivity contribution in [2.24, 2.45) is 0 Å². The normalized spacial score (nSPS) is 16.8. The van der Waals surface area contributed by atoms with Gasteiger partial charge in [-0.3, -0.25) is 9.97 Å². The van der Waals surface area contributed by atoms with E-state index in [1.165, 1.54) is 5.39 Å². The first-order valence-electron chi connectivity index (χ1n) is 23.9. The van der Waals surface area contributed by atoms with Gasteiger partial charge < -0.3 is 28.6 Å². The molecule has 0 radical (unpaired) electrons. The zero-order chi connectivity index (χ0) is 48.7. The molecule has 358 valence electrons. The Morgan fingerprint density at radius 2 is 1.04 bits per heavy atom. The third kappa shape index (κ3) is 11.3. The molecule has 0 N–H and O–H groups in total. The molecule has 0 atom stereocenters. The average molecular weight is 957 g/mol. The minimum absolute atomic E-state index is 0.107. The van der Waals surface area contributed by atoms with Crippen LogP contribution < -0.4 is 24.7 Å². The molecule has 0 bridgehead atoms. The van der Waals surface area contributed by atoms with Crippen molar-refractivity contribution in [2.75, 3.05) is 36.0 Å². The lowest BCUT2D eigenvalue weighted by Crippen LogP contribution is -2.41. The van der Waals surface area contributed by atoms with Crippen molar-refractivity contribution >= 4 is 57.6 Å². The first kappa shape index (κ1) is 48.2. The van der Waals surface area contributed by atoms with Crippen LogP contribution in [0.25, 0.3) is 33.1 Å². The summed E-state index contributed by atoms with van der Waals surface area (Å²) in [5.74, 6) is 3.06. The van der Waals surface area contributed by atoms with Crippen LogP contribution in [0.15, 0.2) is 135 Å². The molecule has 16 heteroatoms. The Morgan fingerprint density at radius 3 is 1.59 bits per heavy atom. The number of ether oxygens (including phenoxy) is 2. The van der Waals surface area contributed by atoms with E-state index >= 15 is 0 Å². The molecule has 6 aromatic heterocycles. The van der Waals surface area contributed by atoms with Gasteiger partial charge in [0.1, 0.15) is 29.5 Å². The molecule has 0 aliphatic carbocycles. The molecular formula is C54H58BClN10O4. The number of piperidine rings is 2. The van der Waals surface area contributed by atoms with E-state index in [0.29, 0.717) is 16.9 Å². The molecule has 3 saturated heterocycles. The predicted molar refractivity (Wildman–Crippen MR) is 277 cm³/mol. The molecule has 11 rings (SSSR count). The molecule has 0 amide bonds. The Balaban J connectivity index is 0.000000137. The quantitative estimate of drug-likeness (QED) is 0.133. The summed E-state index contributed by atoms with van der Waals surface area (Å²) < 4.78 is 24.2. The average Bonchev–Trinajstić information content (AvgIpc) is 3.60. The Kier molecular flexibility index (Phi) is 14.8. The Morgan fingerprint density at radius 1 is 0.557 bits per heavy atom. The monoisotopic (exact) mass is 956 g/mol. The van der Waals surface area contributed by atoms with Crippen molar-refractivity contribution in [3.63, 3.8) is 0 Å². The van der Waals surface area contributed by atoms with Crippen LogP contribution in [0.2, 0.25) is 5.15 Å². The number of fused-ring (bicyclic) bond motifs is 2. The van der Waals surface area contributed by atoms with Crippen LogP contribution in [0.5, 0.6) is 11.8 Å². The van der Waals surface area contributed by atoms with Crippen LogP contribution in [0.4, 0.5) is 11.6 Å². The number of nitrogens with zero attached hydrogens (tertiary/aromatic N) is 10. The van der Waals surface area contributed by atoms with Gasteiger partial charge in [0.15, 0.2) is 5.15 Å². The number of anilines is 2. The molecule has 3 fully saturated rings. The largest absolute Gasteiger partial charge is 0.495 e. The predicted octanol–water partition coefficient (Wildman–Crippen LogP) is 9.86. The van der Waals surface area contributed by atoms with Crippen molar-refractivity contribution in [3.05, 3.63) is 151 Å². The maximum Gasteiger partial charge on any atom is 0.495 e. The van der Waals surface area contributed by atoms with Gasteiger partial charge in [-0.1, -0.05) is 48.0 Å². The van der Waals surface area contributed by atoms with Gasteiger partial charge in [0, 0.05) is 118 Å². The fourth-order valence-electron chi connectivity index (χ4n) is 8.63. The Hall–Kier alpha value is -6.81. The summed E-state index contributed by atoms with van der Waals surface area (Å²) in [4.78, 5) is 39.6. The van der Waals surface area contributed by atoms with E-state index in [2.05, 4.69) is 110 Å². The number of halogens is 1. The number of aromatic nitrogens is 8. The number of hydrogen-bond donors (Lipinski definition) is 0. The van der Waals surface area contributed by atoms with Gasteiger partial charge in [-0.25, -0.2) is 29.9 Å². The van der Waals surface area contributed by atoms with Crippen molar-refractivity contribution in [2.45, 2.75) is 90.6 Å². The minimum atomic E-state index is -0.284. The van der Waals surface area contributed by atoms with Gasteiger partial charge in [-0.15, -0.1) is 0 Å². The van der Waals surface area contributed by atoms with E-state index < -0.39 is 0 Å². The zero-order valence-corrected chi connectivity index (χ0v) is 41.3. The van der Waals surface area contributed by atoms with Crippen LogP contribution in [-0.4, -0.2) is 96.6 Å². The van der Waals surface area contributed by atoms with Crippen molar-refractivity contribution in [1.29, 1.82) is 0 Å². The lowest BCUT2D eigenvalue weighted by atomic mass is 9.77. The second-order valence-electron chi connectivity index (χ2n) is 18.7.